The van der Waals surface area contributed by atoms with Crippen molar-refractivity contribution in [1.29, 1.82) is 0 Å². The molecule has 1 aromatic heterocycles. The third kappa shape index (κ3) is 3.21. The molecule has 1 aromatic carbocycles. The zero-order valence-electron chi connectivity index (χ0n) is 9.89. The molecule has 1 amide bonds. The quantitative estimate of drug-likeness (QED) is 0.855. The molecule has 0 bridgehead atoms. The smallest absolute Gasteiger partial charge is 0.251 e. The highest BCUT2D eigenvalue weighted by Gasteiger charge is 2.03. The molecule has 0 unspecified atom stereocenters. The fraction of sp³-hybridized carbons (Fsp3) is 0.214. The summed E-state index contributed by atoms with van der Waals surface area (Å²) in [6.07, 6.45) is 3.97. The fourth-order valence-corrected chi connectivity index (χ4v) is 1.71. The third-order valence-corrected chi connectivity index (χ3v) is 2.60. The number of nitrogens with zero attached hydrogens (tertiary/aromatic N) is 1. The van der Waals surface area contributed by atoms with Gasteiger partial charge < -0.3 is 9.88 Å². The lowest BCUT2D eigenvalue weighted by Gasteiger charge is -2.06. The first kappa shape index (κ1) is 11.5. The molecule has 2 rings (SSSR count). The summed E-state index contributed by atoms with van der Waals surface area (Å²) in [6.45, 7) is 3.42. The van der Waals surface area contributed by atoms with Gasteiger partial charge >= 0.3 is 0 Å². The molecule has 17 heavy (non-hydrogen) atoms. The van der Waals surface area contributed by atoms with Crippen LogP contribution in [0.2, 0.25) is 0 Å². The number of aromatic nitrogens is 1. The summed E-state index contributed by atoms with van der Waals surface area (Å²) < 4.78 is 2.04. The standard InChI is InChI=1S/C14H16N2O/c1-12-5-4-6-13(11-12)14(17)15-7-10-16-8-2-3-9-16/h2-6,8-9,11H,7,10H2,1H3,(H,15,17). The van der Waals surface area contributed by atoms with Gasteiger partial charge in [-0.1, -0.05) is 17.7 Å². The Morgan fingerprint density at radius 1 is 1.24 bits per heavy atom. The van der Waals surface area contributed by atoms with E-state index < -0.39 is 0 Å². The molecular formula is C14H16N2O. The van der Waals surface area contributed by atoms with E-state index in [2.05, 4.69) is 5.32 Å². The lowest BCUT2D eigenvalue weighted by atomic mass is 10.1. The van der Waals surface area contributed by atoms with E-state index >= 15 is 0 Å². The monoisotopic (exact) mass is 228 g/mol. The molecule has 0 aliphatic heterocycles. The Bertz CT molecular complexity index is 489. The molecule has 0 radical (unpaired) electrons. The van der Waals surface area contributed by atoms with Crippen LogP contribution in [0.25, 0.3) is 0 Å². The Morgan fingerprint density at radius 2 is 2.00 bits per heavy atom. The minimum atomic E-state index is -0.0131. The number of hydrogen-bond donors (Lipinski definition) is 1. The minimum absolute atomic E-state index is 0.0131. The van der Waals surface area contributed by atoms with E-state index in [1.165, 1.54) is 0 Å². The van der Waals surface area contributed by atoms with Crippen molar-refractivity contribution in [2.45, 2.75) is 13.5 Å². The van der Waals surface area contributed by atoms with E-state index in [4.69, 9.17) is 0 Å². The topological polar surface area (TPSA) is 34.0 Å². The van der Waals surface area contributed by atoms with Crippen molar-refractivity contribution in [3.8, 4) is 0 Å². The van der Waals surface area contributed by atoms with Crippen molar-refractivity contribution in [3.63, 3.8) is 0 Å². The summed E-state index contributed by atoms with van der Waals surface area (Å²) in [6, 6.07) is 11.6. The lowest BCUT2D eigenvalue weighted by molar-refractivity contribution is 0.0952. The minimum Gasteiger partial charge on any atom is -0.353 e. The Morgan fingerprint density at radius 3 is 2.71 bits per heavy atom. The molecular weight excluding hydrogens is 212 g/mol. The van der Waals surface area contributed by atoms with Crippen LogP contribution < -0.4 is 5.32 Å². The fourth-order valence-electron chi connectivity index (χ4n) is 1.71. The third-order valence-electron chi connectivity index (χ3n) is 2.60. The predicted octanol–water partition coefficient (Wildman–Crippen LogP) is 2.23. The predicted molar refractivity (Wildman–Crippen MR) is 67.9 cm³/mol. The van der Waals surface area contributed by atoms with Crippen LogP contribution in [-0.4, -0.2) is 17.0 Å². The van der Waals surface area contributed by atoms with Crippen LogP contribution in [0.3, 0.4) is 0 Å². The van der Waals surface area contributed by atoms with Gasteiger partial charge in [-0.15, -0.1) is 0 Å². The molecule has 1 N–H and O–H groups in total. The van der Waals surface area contributed by atoms with Crippen molar-refractivity contribution in [2.75, 3.05) is 6.54 Å². The van der Waals surface area contributed by atoms with E-state index in [9.17, 15) is 4.79 Å². The van der Waals surface area contributed by atoms with E-state index in [0.29, 0.717) is 6.54 Å². The summed E-state index contributed by atoms with van der Waals surface area (Å²) in [5.74, 6) is -0.0131. The maximum Gasteiger partial charge on any atom is 0.251 e. The number of hydrogen-bond acceptors (Lipinski definition) is 1. The second kappa shape index (κ2) is 5.34. The maximum absolute atomic E-state index is 11.8. The van der Waals surface area contributed by atoms with E-state index in [1.54, 1.807) is 0 Å². The Hall–Kier alpha value is -2.03. The van der Waals surface area contributed by atoms with Gasteiger partial charge in [0, 0.05) is 31.0 Å². The van der Waals surface area contributed by atoms with Crippen molar-refractivity contribution < 1.29 is 4.79 Å². The Balaban J connectivity index is 1.85. The van der Waals surface area contributed by atoms with Gasteiger partial charge in [0.25, 0.3) is 5.91 Å². The van der Waals surface area contributed by atoms with Gasteiger partial charge in [0.2, 0.25) is 0 Å². The first-order valence-electron chi connectivity index (χ1n) is 5.71. The molecule has 0 aliphatic rings. The number of rotatable bonds is 4. The van der Waals surface area contributed by atoms with Gasteiger partial charge in [0.15, 0.2) is 0 Å². The first-order chi connectivity index (χ1) is 8.25. The molecule has 3 nitrogen and oxygen atoms in total. The Kier molecular flexibility index (Phi) is 3.60. The van der Waals surface area contributed by atoms with Gasteiger partial charge in [-0.25, -0.2) is 0 Å². The zero-order chi connectivity index (χ0) is 12.1. The number of benzene rings is 1. The van der Waals surface area contributed by atoms with Crippen molar-refractivity contribution in [3.05, 3.63) is 59.9 Å². The van der Waals surface area contributed by atoms with Crippen molar-refractivity contribution in [1.82, 2.24) is 9.88 Å². The van der Waals surface area contributed by atoms with Gasteiger partial charge in [0.05, 0.1) is 0 Å². The Labute approximate surface area is 101 Å². The summed E-state index contributed by atoms with van der Waals surface area (Å²) in [5, 5.41) is 2.90. The van der Waals surface area contributed by atoms with E-state index in [0.717, 1.165) is 17.7 Å². The summed E-state index contributed by atoms with van der Waals surface area (Å²) >= 11 is 0. The van der Waals surface area contributed by atoms with Crippen LogP contribution >= 0.6 is 0 Å². The number of nitrogens with one attached hydrogen (secondary N) is 1. The molecule has 0 saturated heterocycles. The summed E-state index contributed by atoms with van der Waals surface area (Å²) in [7, 11) is 0. The normalized spacial score (nSPS) is 10.2. The molecule has 1 heterocycles. The number of carbonyl (C=O) groups excluding carboxylic acids is 1. The average molecular weight is 228 g/mol. The van der Waals surface area contributed by atoms with E-state index in [-0.39, 0.29) is 5.91 Å². The SMILES string of the molecule is Cc1cccc(C(=O)NCCn2cccc2)c1. The van der Waals surface area contributed by atoms with Gasteiger partial charge in [0.1, 0.15) is 0 Å². The zero-order valence-corrected chi connectivity index (χ0v) is 9.89. The second-order valence-electron chi connectivity index (χ2n) is 4.05. The maximum atomic E-state index is 11.8. The van der Waals surface area contributed by atoms with Crippen LogP contribution in [0.4, 0.5) is 0 Å². The number of amides is 1. The van der Waals surface area contributed by atoms with Crippen LogP contribution in [0, 0.1) is 6.92 Å². The highest BCUT2D eigenvalue weighted by Crippen LogP contribution is 2.03. The molecule has 0 aliphatic carbocycles. The lowest BCUT2D eigenvalue weighted by Crippen LogP contribution is -2.26. The highest BCUT2D eigenvalue weighted by atomic mass is 16.1. The van der Waals surface area contributed by atoms with Gasteiger partial charge in [-0.3, -0.25) is 4.79 Å². The van der Waals surface area contributed by atoms with E-state index in [1.807, 2.05) is 60.3 Å². The highest BCUT2D eigenvalue weighted by molar-refractivity contribution is 5.94. The molecule has 0 atom stereocenters. The van der Waals surface area contributed by atoms with Crippen molar-refractivity contribution in [2.24, 2.45) is 0 Å². The summed E-state index contributed by atoms with van der Waals surface area (Å²) in [5.41, 5.74) is 1.82. The van der Waals surface area contributed by atoms with Gasteiger partial charge in [-0.05, 0) is 31.2 Å². The molecule has 0 fully saturated rings. The molecule has 2 aromatic rings. The van der Waals surface area contributed by atoms with Crippen LogP contribution in [-0.2, 0) is 6.54 Å². The molecule has 0 spiro atoms. The van der Waals surface area contributed by atoms with Crippen molar-refractivity contribution >= 4 is 5.91 Å². The van der Waals surface area contributed by atoms with Crippen LogP contribution in [0.1, 0.15) is 15.9 Å². The number of carbonyl (C=O) groups is 1. The summed E-state index contributed by atoms with van der Waals surface area (Å²) in [4.78, 5) is 11.8. The van der Waals surface area contributed by atoms with Gasteiger partial charge in [-0.2, -0.15) is 0 Å². The molecule has 3 heteroatoms. The van der Waals surface area contributed by atoms with Crippen LogP contribution in [0.15, 0.2) is 48.8 Å². The largest absolute Gasteiger partial charge is 0.353 e. The molecule has 88 valence electrons. The van der Waals surface area contributed by atoms with Crippen LogP contribution in [0.5, 0.6) is 0 Å². The average Bonchev–Trinajstić information content (AvgIpc) is 2.82. The first-order valence-corrected chi connectivity index (χ1v) is 5.71. The molecule has 0 saturated carbocycles. The second-order valence-corrected chi connectivity index (χ2v) is 4.05. The number of aryl methyl sites for hydroxylation is 1.